The van der Waals surface area contributed by atoms with Crippen molar-refractivity contribution in [3.63, 3.8) is 0 Å². The number of aliphatic carboxylic acids is 1. The number of carboxylic acids is 1. The Balaban J connectivity index is 2.38. The number of nitrogens with two attached hydrogens (primary N) is 1. The summed E-state index contributed by atoms with van der Waals surface area (Å²) in [7, 11) is 0. The summed E-state index contributed by atoms with van der Waals surface area (Å²) in [5.41, 5.74) is 6.32. The van der Waals surface area contributed by atoms with Gasteiger partial charge in [0.1, 0.15) is 11.5 Å². The zero-order valence-corrected chi connectivity index (χ0v) is 11.7. The Kier molecular flexibility index (Phi) is 6.31. The highest BCUT2D eigenvalue weighted by Gasteiger charge is 2.18. The van der Waals surface area contributed by atoms with Crippen molar-refractivity contribution in [1.29, 1.82) is 0 Å². The predicted molar refractivity (Wildman–Crippen MR) is 76.7 cm³/mol. The van der Waals surface area contributed by atoms with Crippen molar-refractivity contribution in [2.24, 2.45) is 17.6 Å². The fraction of sp³-hybridized carbons (Fsp3) is 0.533. The zero-order chi connectivity index (χ0) is 15.1. The Labute approximate surface area is 119 Å². The van der Waals surface area contributed by atoms with Crippen LogP contribution >= 0.6 is 0 Å². The van der Waals surface area contributed by atoms with Crippen LogP contribution in [-0.4, -0.2) is 27.8 Å². The van der Waals surface area contributed by atoms with Crippen LogP contribution in [0.2, 0.25) is 0 Å². The van der Waals surface area contributed by atoms with Gasteiger partial charge in [-0.05, 0) is 42.9 Å². The van der Waals surface area contributed by atoms with Gasteiger partial charge in [-0.2, -0.15) is 0 Å². The maximum atomic E-state index is 10.9. The number of carbonyl (C=O) groups is 1. The fourth-order valence-corrected chi connectivity index (χ4v) is 2.36. The monoisotopic (exact) mass is 281 g/mol. The third-order valence-corrected chi connectivity index (χ3v) is 3.45. The number of rotatable bonds is 8. The van der Waals surface area contributed by atoms with E-state index in [4.69, 9.17) is 10.8 Å². The summed E-state index contributed by atoms with van der Waals surface area (Å²) in [5.74, 6) is -0.915. The molecular formula is C15H23NO4. The van der Waals surface area contributed by atoms with Crippen molar-refractivity contribution < 1.29 is 20.1 Å². The van der Waals surface area contributed by atoms with E-state index >= 15 is 0 Å². The minimum atomic E-state index is -0.836. The molecule has 0 aliphatic heterocycles. The van der Waals surface area contributed by atoms with E-state index in [1.54, 1.807) is 12.1 Å². The molecule has 20 heavy (non-hydrogen) atoms. The fourth-order valence-electron chi connectivity index (χ4n) is 2.36. The van der Waals surface area contributed by atoms with Crippen LogP contribution in [0.25, 0.3) is 0 Å². The van der Waals surface area contributed by atoms with Crippen LogP contribution in [0.1, 0.15) is 31.7 Å². The molecule has 112 valence electrons. The highest BCUT2D eigenvalue weighted by atomic mass is 16.4. The molecular weight excluding hydrogens is 258 g/mol. The molecule has 5 heteroatoms. The third kappa shape index (κ3) is 5.48. The lowest BCUT2D eigenvalue weighted by atomic mass is 9.91. The van der Waals surface area contributed by atoms with Gasteiger partial charge in [-0.3, -0.25) is 4.79 Å². The first kappa shape index (κ1) is 16.3. The Hall–Kier alpha value is -1.75. The molecule has 1 rings (SSSR count). The second-order valence-corrected chi connectivity index (χ2v) is 5.36. The van der Waals surface area contributed by atoms with E-state index in [9.17, 15) is 15.0 Å². The molecule has 0 amide bonds. The molecule has 0 heterocycles. The summed E-state index contributed by atoms with van der Waals surface area (Å²) in [5, 5.41) is 27.7. The van der Waals surface area contributed by atoms with Gasteiger partial charge in [0.15, 0.2) is 0 Å². The normalized spacial score (nSPS) is 13.9. The topological polar surface area (TPSA) is 104 Å². The molecule has 0 spiro atoms. The molecule has 0 aliphatic carbocycles. The van der Waals surface area contributed by atoms with Crippen LogP contribution in [0.5, 0.6) is 11.5 Å². The SMILES string of the molecule is CC(CCCc1cc(O)cc(O)c1)CC(CN)C(=O)O. The summed E-state index contributed by atoms with van der Waals surface area (Å²) >= 11 is 0. The van der Waals surface area contributed by atoms with E-state index in [0.29, 0.717) is 6.42 Å². The number of phenolic OH excluding ortho intramolecular Hbond substituents is 2. The van der Waals surface area contributed by atoms with Crippen molar-refractivity contribution in [3.05, 3.63) is 23.8 Å². The summed E-state index contributed by atoms with van der Waals surface area (Å²) in [6.07, 6.45) is 3.09. The molecule has 0 saturated carbocycles. The Morgan fingerprint density at radius 1 is 1.25 bits per heavy atom. The third-order valence-electron chi connectivity index (χ3n) is 3.45. The van der Waals surface area contributed by atoms with Gasteiger partial charge in [-0.25, -0.2) is 0 Å². The number of benzene rings is 1. The van der Waals surface area contributed by atoms with Crippen molar-refractivity contribution in [2.45, 2.75) is 32.6 Å². The van der Waals surface area contributed by atoms with Crippen LogP contribution in [0.15, 0.2) is 18.2 Å². The maximum Gasteiger partial charge on any atom is 0.307 e. The Morgan fingerprint density at radius 2 is 1.85 bits per heavy atom. The van der Waals surface area contributed by atoms with Gasteiger partial charge in [0, 0.05) is 12.6 Å². The molecule has 5 nitrogen and oxygen atoms in total. The average molecular weight is 281 g/mol. The van der Waals surface area contributed by atoms with Gasteiger partial charge in [-0.1, -0.05) is 13.3 Å². The highest BCUT2D eigenvalue weighted by molar-refractivity contribution is 5.70. The molecule has 1 aromatic carbocycles. The van der Waals surface area contributed by atoms with Crippen LogP contribution in [0, 0.1) is 11.8 Å². The largest absolute Gasteiger partial charge is 0.508 e. The zero-order valence-electron chi connectivity index (χ0n) is 11.7. The first-order valence-electron chi connectivity index (χ1n) is 6.87. The predicted octanol–water partition coefficient (Wildman–Crippen LogP) is 2.11. The van der Waals surface area contributed by atoms with E-state index in [1.165, 1.54) is 6.07 Å². The minimum absolute atomic E-state index is 0.0575. The lowest BCUT2D eigenvalue weighted by Gasteiger charge is -2.16. The van der Waals surface area contributed by atoms with E-state index in [-0.39, 0.29) is 24.0 Å². The van der Waals surface area contributed by atoms with Crippen LogP contribution in [-0.2, 0) is 11.2 Å². The maximum absolute atomic E-state index is 10.9. The van der Waals surface area contributed by atoms with Gasteiger partial charge in [0.05, 0.1) is 5.92 Å². The Morgan fingerprint density at radius 3 is 2.35 bits per heavy atom. The first-order chi connectivity index (χ1) is 9.42. The minimum Gasteiger partial charge on any atom is -0.508 e. The van der Waals surface area contributed by atoms with Crippen molar-refractivity contribution in [3.8, 4) is 11.5 Å². The second kappa shape index (κ2) is 7.75. The smallest absolute Gasteiger partial charge is 0.307 e. The van der Waals surface area contributed by atoms with E-state index in [2.05, 4.69) is 0 Å². The van der Waals surface area contributed by atoms with E-state index in [0.717, 1.165) is 24.8 Å². The van der Waals surface area contributed by atoms with Crippen molar-refractivity contribution >= 4 is 5.97 Å². The molecule has 0 aliphatic rings. The van der Waals surface area contributed by atoms with Gasteiger partial charge >= 0.3 is 5.97 Å². The number of aromatic hydroxyl groups is 2. The number of carboxylic acid groups (broad SMARTS) is 1. The van der Waals surface area contributed by atoms with Crippen LogP contribution in [0.4, 0.5) is 0 Å². The molecule has 0 aromatic heterocycles. The van der Waals surface area contributed by atoms with Gasteiger partial charge in [0.2, 0.25) is 0 Å². The van der Waals surface area contributed by atoms with Crippen molar-refractivity contribution in [1.82, 2.24) is 0 Å². The van der Waals surface area contributed by atoms with Crippen LogP contribution < -0.4 is 5.73 Å². The van der Waals surface area contributed by atoms with Crippen molar-refractivity contribution in [2.75, 3.05) is 6.54 Å². The molecule has 2 atom stereocenters. The molecule has 0 bridgehead atoms. The van der Waals surface area contributed by atoms with E-state index in [1.807, 2.05) is 6.92 Å². The van der Waals surface area contributed by atoms with Gasteiger partial charge in [0.25, 0.3) is 0 Å². The summed E-state index contributed by atoms with van der Waals surface area (Å²) in [6, 6.07) is 4.56. The molecule has 0 fully saturated rings. The standard InChI is InChI=1S/C15H23NO4/c1-10(5-12(9-16)15(19)20)3-2-4-11-6-13(17)8-14(18)7-11/h6-8,10,12,17-18H,2-5,9,16H2,1H3,(H,19,20). The number of phenols is 2. The molecule has 0 saturated heterocycles. The summed E-state index contributed by atoms with van der Waals surface area (Å²) in [6.45, 7) is 2.19. The number of aryl methyl sites for hydroxylation is 1. The molecule has 2 unspecified atom stereocenters. The van der Waals surface area contributed by atoms with Crippen LogP contribution in [0.3, 0.4) is 0 Å². The molecule has 1 aromatic rings. The average Bonchev–Trinajstić information content (AvgIpc) is 2.34. The van der Waals surface area contributed by atoms with E-state index < -0.39 is 11.9 Å². The first-order valence-corrected chi connectivity index (χ1v) is 6.87. The lowest BCUT2D eigenvalue weighted by Crippen LogP contribution is -2.25. The lowest BCUT2D eigenvalue weighted by molar-refractivity contribution is -0.141. The number of hydrogen-bond donors (Lipinski definition) is 4. The highest BCUT2D eigenvalue weighted by Crippen LogP contribution is 2.23. The molecule has 5 N–H and O–H groups in total. The number of hydrogen-bond acceptors (Lipinski definition) is 4. The quantitative estimate of drug-likeness (QED) is 0.584. The summed E-state index contributed by atoms with van der Waals surface area (Å²) < 4.78 is 0. The molecule has 0 radical (unpaired) electrons. The summed E-state index contributed by atoms with van der Waals surface area (Å²) in [4.78, 5) is 10.9. The van der Waals surface area contributed by atoms with Gasteiger partial charge in [-0.15, -0.1) is 0 Å². The second-order valence-electron chi connectivity index (χ2n) is 5.36. The Bertz CT molecular complexity index is 427. The van der Waals surface area contributed by atoms with Gasteiger partial charge < -0.3 is 21.1 Å².